The predicted octanol–water partition coefficient (Wildman–Crippen LogP) is 5.78. The Morgan fingerprint density at radius 2 is 1.85 bits per heavy atom. The zero-order valence-corrected chi connectivity index (χ0v) is 15.0. The first-order chi connectivity index (χ1) is 13.3. The van der Waals surface area contributed by atoms with Gasteiger partial charge in [-0.1, -0.05) is 24.3 Å². The largest absolute Gasteiger partial charge is 0.493 e. The number of ether oxygens (including phenoxy) is 1. The fourth-order valence-corrected chi connectivity index (χ4v) is 3.59. The lowest BCUT2D eigenvalue weighted by Gasteiger charge is -2.09. The third-order valence-corrected chi connectivity index (χ3v) is 4.89. The van der Waals surface area contributed by atoms with Crippen LogP contribution in [0.25, 0.3) is 44.2 Å². The highest BCUT2D eigenvalue weighted by Gasteiger charge is 2.13. The number of fused-ring (bicyclic) bond motifs is 2. The van der Waals surface area contributed by atoms with Crippen LogP contribution >= 0.6 is 0 Å². The number of para-hydroxylation sites is 1. The molecule has 0 unspecified atom stereocenters. The van der Waals surface area contributed by atoms with Crippen LogP contribution in [0.4, 0.5) is 0 Å². The summed E-state index contributed by atoms with van der Waals surface area (Å²) in [5, 5.41) is 2.29. The van der Waals surface area contributed by atoms with Crippen molar-refractivity contribution in [2.75, 3.05) is 6.61 Å². The number of benzene rings is 2. The molecule has 3 heterocycles. The Labute approximate surface area is 156 Å². The van der Waals surface area contributed by atoms with Gasteiger partial charge in [0, 0.05) is 46.2 Å². The maximum atomic E-state index is 5.83. The van der Waals surface area contributed by atoms with Crippen molar-refractivity contribution in [3.63, 3.8) is 0 Å². The van der Waals surface area contributed by atoms with Crippen LogP contribution in [0.15, 0.2) is 73.2 Å². The number of hydrogen-bond donors (Lipinski definition) is 2. The van der Waals surface area contributed by atoms with Gasteiger partial charge in [0.2, 0.25) is 0 Å². The SMILES string of the molecule is CCOc1ccccc1-c1c[nH]c2ncc(-c3ccc4[nH]ccc4c3)cc12. The molecule has 4 nitrogen and oxygen atoms in total. The average molecular weight is 353 g/mol. The number of rotatable bonds is 4. The molecule has 0 saturated heterocycles. The summed E-state index contributed by atoms with van der Waals surface area (Å²) in [5.41, 5.74) is 6.45. The van der Waals surface area contributed by atoms with E-state index in [1.807, 2.05) is 43.7 Å². The number of nitrogens with one attached hydrogen (secondary N) is 2. The molecule has 5 aromatic rings. The fraction of sp³-hybridized carbons (Fsp3) is 0.0870. The molecule has 3 aromatic heterocycles. The van der Waals surface area contributed by atoms with E-state index in [-0.39, 0.29) is 0 Å². The van der Waals surface area contributed by atoms with Crippen LogP contribution in [0.1, 0.15) is 6.92 Å². The molecule has 0 aliphatic heterocycles. The van der Waals surface area contributed by atoms with E-state index < -0.39 is 0 Å². The monoisotopic (exact) mass is 353 g/mol. The van der Waals surface area contributed by atoms with E-state index in [4.69, 9.17) is 4.74 Å². The first kappa shape index (κ1) is 15.7. The van der Waals surface area contributed by atoms with Crippen molar-refractivity contribution in [2.45, 2.75) is 6.92 Å². The number of aromatic amines is 2. The lowest BCUT2D eigenvalue weighted by Crippen LogP contribution is -1.93. The van der Waals surface area contributed by atoms with Gasteiger partial charge >= 0.3 is 0 Å². The van der Waals surface area contributed by atoms with Gasteiger partial charge in [0.15, 0.2) is 0 Å². The summed E-state index contributed by atoms with van der Waals surface area (Å²) in [6, 6.07) is 18.8. The van der Waals surface area contributed by atoms with E-state index in [9.17, 15) is 0 Å². The summed E-state index contributed by atoms with van der Waals surface area (Å²) < 4.78 is 5.83. The van der Waals surface area contributed by atoms with Gasteiger partial charge < -0.3 is 14.7 Å². The van der Waals surface area contributed by atoms with Crippen LogP contribution in [0, 0.1) is 0 Å². The smallest absolute Gasteiger partial charge is 0.137 e. The molecule has 0 bridgehead atoms. The highest BCUT2D eigenvalue weighted by molar-refractivity contribution is 5.97. The summed E-state index contributed by atoms with van der Waals surface area (Å²) in [6.45, 7) is 2.64. The minimum Gasteiger partial charge on any atom is -0.493 e. The number of pyridine rings is 1. The highest BCUT2D eigenvalue weighted by Crippen LogP contribution is 2.36. The third kappa shape index (κ3) is 2.66. The van der Waals surface area contributed by atoms with Crippen LogP contribution in [0.5, 0.6) is 5.75 Å². The van der Waals surface area contributed by atoms with Gasteiger partial charge in [-0.15, -0.1) is 0 Å². The van der Waals surface area contributed by atoms with Gasteiger partial charge in [-0.25, -0.2) is 4.98 Å². The number of nitrogens with zero attached hydrogens (tertiary/aromatic N) is 1. The molecule has 0 saturated carbocycles. The van der Waals surface area contributed by atoms with Crippen LogP contribution < -0.4 is 4.74 Å². The Kier molecular flexibility index (Phi) is 3.68. The van der Waals surface area contributed by atoms with Gasteiger partial charge in [0.1, 0.15) is 11.4 Å². The molecule has 4 heteroatoms. The van der Waals surface area contributed by atoms with Gasteiger partial charge in [-0.2, -0.15) is 0 Å². The van der Waals surface area contributed by atoms with Crippen molar-refractivity contribution in [3.05, 3.63) is 73.2 Å². The maximum Gasteiger partial charge on any atom is 0.137 e. The van der Waals surface area contributed by atoms with Crippen LogP contribution in [0.2, 0.25) is 0 Å². The number of hydrogen-bond acceptors (Lipinski definition) is 2. The van der Waals surface area contributed by atoms with Crippen molar-refractivity contribution in [2.24, 2.45) is 0 Å². The van der Waals surface area contributed by atoms with E-state index in [0.29, 0.717) is 6.61 Å². The normalized spacial score (nSPS) is 11.3. The van der Waals surface area contributed by atoms with E-state index in [1.54, 1.807) is 0 Å². The fourth-order valence-electron chi connectivity index (χ4n) is 3.59. The molecule has 0 amide bonds. The van der Waals surface area contributed by atoms with Crippen LogP contribution in [0.3, 0.4) is 0 Å². The number of aromatic nitrogens is 3. The quantitative estimate of drug-likeness (QED) is 0.430. The molecule has 5 rings (SSSR count). The Hall–Kier alpha value is -3.53. The van der Waals surface area contributed by atoms with Gasteiger partial charge in [-0.05, 0) is 48.2 Å². The first-order valence-corrected chi connectivity index (χ1v) is 9.10. The minimum absolute atomic E-state index is 0.638. The molecule has 0 fully saturated rings. The van der Waals surface area contributed by atoms with Gasteiger partial charge in [-0.3, -0.25) is 0 Å². The Morgan fingerprint density at radius 3 is 2.78 bits per heavy atom. The van der Waals surface area contributed by atoms with Gasteiger partial charge in [0.05, 0.1) is 6.61 Å². The van der Waals surface area contributed by atoms with E-state index in [1.165, 1.54) is 5.39 Å². The molecule has 2 aromatic carbocycles. The average Bonchev–Trinajstić information content (AvgIpc) is 3.34. The molecule has 132 valence electrons. The maximum absolute atomic E-state index is 5.83. The first-order valence-electron chi connectivity index (χ1n) is 9.10. The molecule has 0 spiro atoms. The van der Waals surface area contributed by atoms with Crippen molar-refractivity contribution in [3.8, 4) is 28.0 Å². The zero-order valence-electron chi connectivity index (χ0n) is 15.0. The summed E-state index contributed by atoms with van der Waals surface area (Å²) in [4.78, 5) is 11.2. The van der Waals surface area contributed by atoms with Crippen LogP contribution in [-0.4, -0.2) is 21.6 Å². The van der Waals surface area contributed by atoms with Crippen LogP contribution in [-0.2, 0) is 0 Å². The molecule has 0 radical (unpaired) electrons. The topological polar surface area (TPSA) is 53.7 Å². The summed E-state index contributed by atoms with van der Waals surface area (Å²) in [6.07, 6.45) is 5.89. The molecular formula is C23H19N3O. The molecule has 27 heavy (non-hydrogen) atoms. The Morgan fingerprint density at radius 1 is 0.926 bits per heavy atom. The second-order valence-electron chi connectivity index (χ2n) is 6.53. The third-order valence-electron chi connectivity index (χ3n) is 4.89. The van der Waals surface area contributed by atoms with Crippen molar-refractivity contribution in [1.29, 1.82) is 0 Å². The van der Waals surface area contributed by atoms with Crippen molar-refractivity contribution < 1.29 is 4.74 Å². The van der Waals surface area contributed by atoms with E-state index in [0.717, 1.165) is 44.6 Å². The zero-order chi connectivity index (χ0) is 18.2. The summed E-state index contributed by atoms with van der Waals surface area (Å²) in [5.74, 6) is 0.889. The highest BCUT2D eigenvalue weighted by atomic mass is 16.5. The van der Waals surface area contributed by atoms with Crippen molar-refractivity contribution >= 4 is 21.9 Å². The molecular weight excluding hydrogens is 334 g/mol. The standard InChI is InChI=1S/C23H19N3O/c1-2-27-22-6-4-3-5-18(22)20-14-26-23-19(20)12-17(13-25-23)15-7-8-21-16(11-15)9-10-24-21/h3-14,24H,2H2,1H3,(H,25,26). The lowest BCUT2D eigenvalue weighted by molar-refractivity contribution is 0.341. The Balaban J connectivity index is 1.67. The minimum atomic E-state index is 0.638. The second kappa shape index (κ2) is 6.32. The molecule has 0 atom stereocenters. The van der Waals surface area contributed by atoms with Crippen molar-refractivity contribution in [1.82, 2.24) is 15.0 Å². The summed E-state index contributed by atoms with van der Waals surface area (Å²) in [7, 11) is 0. The molecule has 0 aliphatic rings. The Bertz CT molecular complexity index is 1250. The second-order valence-corrected chi connectivity index (χ2v) is 6.53. The lowest BCUT2D eigenvalue weighted by atomic mass is 10.0. The van der Waals surface area contributed by atoms with E-state index >= 15 is 0 Å². The summed E-state index contributed by atoms with van der Waals surface area (Å²) >= 11 is 0. The van der Waals surface area contributed by atoms with E-state index in [2.05, 4.69) is 51.4 Å². The van der Waals surface area contributed by atoms with Gasteiger partial charge in [0.25, 0.3) is 0 Å². The molecule has 0 aliphatic carbocycles. The predicted molar refractivity (Wildman–Crippen MR) is 110 cm³/mol. The molecule has 2 N–H and O–H groups in total. The number of H-pyrrole nitrogens is 2.